The SMILES string of the molecule is O=C(NCc1ccco1)c1csc(CN(Cc2ccc(Cl)cc2)Cc2ccc3c(c2)OCO3)n1. The fourth-order valence-electron chi connectivity index (χ4n) is 3.66. The third-order valence-electron chi connectivity index (χ3n) is 5.31. The van der Waals surface area contributed by atoms with Gasteiger partial charge in [-0.15, -0.1) is 11.3 Å². The van der Waals surface area contributed by atoms with E-state index in [2.05, 4.69) is 15.2 Å². The van der Waals surface area contributed by atoms with Crippen LogP contribution in [-0.4, -0.2) is 22.6 Å². The summed E-state index contributed by atoms with van der Waals surface area (Å²) in [7, 11) is 0. The molecule has 7 nitrogen and oxygen atoms in total. The van der Waals surface area contributed by atoms with E-state index in [-0.39, 0.29) is 12.7 Å². The molecule has 1 N–H and O–H groups in total. The summed E-state index contributed by atoms with van der Waals surface area (Å²) in [5.74, 6) is 1.99. The number of hydrogen-bond acceptors (Lipinski definition) is 7. The van der Waals surface area contributed by atoms with Crippen molar-refractivity contribution in [1.82, 2.24) is 15.2 Å². The first-order chi connectivity index (χ1) is 16.6. The van der Waals surface area contributed by atoms with Crippen LogP contribution in [0.25, 0.3) is 0 Å². The quantitative estimate of drug-likeness (QED) is 0.342. The molecule has 0 unspecified atom stereocenters. The highest BCUT2D eigenvalue weighted by atomic mass is 35.5. The van der Waals surface area contributed by atoms with Crippen LogP contribution in [-0.2, 0) is 26.2 Å². The lowest BCUT2D eigenvalue weighted by Crippen LogP contribution is -2.24. The summed E-state index contributed by atoms with van der Waals surface area (Å²) in [6, 6.07) is 17.4. The highest BCUT2D eigenvalue weighted by Gasteiger charge is 2.17. The first kappa shape index (κ1) is 22.5. The predicted molar refractivity (Wildman–Crippen MR) is 129 cm³/mol. The molecule has 2 aromatic heterocycles. The zero-order valence-corrected chi connectivity index (χ0v) is 19.8. The molecule has 174 valence electrons. The van der Waals surface area contributed by atoms with Crippen molar-refractivity contribution >= 4 is 28.8 Å². The number of halogens is 1. The Balaban J connectivity index is 1.29. The number of ether oxygens (including phenoxy) is 2. The Hall–Kier alpha value is -3.33. The van der Waals surface area contributed by atoms with E-state index in [1.807, 2.05) is 48.5 Å². The van der Waals surface area contributed by atoms with E-state index in [0.717, 1.165) is 27.6 Å². The summed E-state index contributed by atoms with van der Waals surface area (Å²) in [4.78, 5) is 19.3. The van der Waals surface area contributed by atoms with Gasteiger partial charge in [-0.25, -0.2) is 4.98 Å². The van der Waals surface area contributed by atoms with Gasteiger partial charge in [-0.05, 0) is 47.5 Å². The largest absolute Gasteiger partial charge is 0.467 e. The van der Waals surface area contributed by atoms with E-state index in [0.29, 0.717) is 42.7 Å². The number of benzene rings is 2. The van der Waals surface area contributed by atoms with E-state index >= 15 is 0 Å². The number of nitrogens with one attached hydrogen (secondary N) is 1. The molecular formula is C25H22ClN3O4S. The predicted octanol–water partition coefficient (Wildman–Crippen LogP) is 5.25. The zero-order valence-electron chi connectivity index (χ0n) is 18.2. The number of thiazole rings is 1. The third kappa shape index (κ3) is 5.59. The van der Waals surface area contributed by atoms with Gasteiger partial charge in [0.1, 0.15) is 16.5 Å². The van der Waals surface area contributed by atoms with Gasteiger partial charge >= 0.3 is 0 Å². The topological polar surface area (TPSA) is 76.8 Å². The summed E-state index contributed by atoms with van der Waals surface area (Å²) < 4.78 is 16.2. The number of nitrogens with zero attached hydrogens (tertiary/aromatic N) is 2. The Bertz CT molecular complexity index is 1260. The van der Waals surface area contributed by atoms with Crippen molar-refractivity contribution in [2.45, 2.75) is 26.2 Å². The maximum absolute atomic E-state index is 12.5. The Morgan fingerprint density at radius 2 is 1.82 bits per heavy atom. The second kappa shape index (κ2) is 10.3. The first-order valence-corrected chi connectivity index (χ1v) is 12.0. The lowest BCUT2D eigenvalue weighted by atomic mass is 10.1. The molecule has 1 amide bonds. The van der Waals surface area contributed by atoms with Gasteiger partial charge in [0.15, 0.2) is 11.5 Å². The Kier molecular flexibility index (Phi) is 6.80. The molecule has 34 heavy (non-hydrogen) atoms. The summed E-state index contributed by atoms with van der Waals surface area (Å²) in [5.41, 5.74) is 2.64. The lowest BCUT2D eigenvalue weighted by molar-refractivity contribution is 0.0943. The van der Waals surface area contributed by atoms with Crippen LogP contribution in [0.2, 0.25) is 5.02 Å². The van der Waals surface area contributed by atoms with Gasteiger partial charge in [0.2, 0.25) is 6.79 Å². The van der Waals surface area contributed by atoms with Crippen LogP contribution in [0.1, 0.15) is 32.4 Å². The number of amides is 1. The van der Waals surface area contributed by atoms with Crippen LogP contribution < -0.4 is 14.8 Å². The summed E-state index contributed by atoms with van der Waals surface area (Å²) >= 11 is 7.53. The van der Waals surface area contributed by atoms with Gasteiger partial charge in [-0.1, -0.05) is 29.8 Å². The number of rotatable bonds is 9. The van der Waals surface area contributed by atoms with Crippen LogP contribution in [0, 0.1) is 0 Å². The number of furan rings is 1. The fourth-order valence-corrected chi connectivity index (χ4v) is 4.60. The molecule has 0 aliphatic carbocycles. The highest BCUT2D eigenvalue weighted by molar-refractivity contribution is 7.09. The highest BCUT2D eigenvalue weighted by Crippen LogP contribution is 2.33. The Morgan fingerprint density at radius 3 is 2.65 bits per heavy atom. The van der Waals surface area contributed by atoms with Crippen LogP contribution >= 0.6 is 22.9 Å². The van der Waals surface area contributed by atoms with Crippen molar-refractivity contribution < 1.29 is 18.7 Å². The van der Waals surface area contributed by atoms with Gasteiger partial charge in [-0.2, -0.15) is 0 Å². The third-order valence-corrected chi connectivity index (χ3v) is 6.39. The van der Waals surface area contributed by atoms with Crippen LogP contribution in [0.4, 0.5) is 0 Å². The normalized spacial score (nSPS) is 12.3. The van der Waals surface area contributed by atoms with Crippen molar-refractivity contribution in [3.8, 4) is 11.5 Å². The van der Waals surface area contributed by atoms with E-state index < -0.39 is 0 Å². The van der Waals surface area contributed by atoms with Gasteiger partial charge < -0.3 is 19.2 Å². The molecule has 4 aromatic rings. The molecular weight excluding hydrogens is 474 g/mol. The zero-order chi connectivity index (χ0) is 23.3. The minimum Gasteiger partial charge on any atom is -0.467 e. The van der Waals surface area contributed by atoms with Crippen LogP contribution in [0.15, 0.2) is 70.7 Å². The average molecular weight is 496 g/mol. The van der Waals surface area contributed by atoms with Crippen molar-refractivity contribution in [1.29, 1.82) is 0 Å². The number of carbonyl (C=O) groups excluding carboxylic acids is 1. The second-order valence-corrected chi connectivity index (χ2v) is 9.23. The average Bonchev–Trinajstić information content (AvgIpc) is 3.61. The molecule has 0 spiro atoms. The summed E-state index contributed by atoms with van der Waals surface area (Å²) in [5, 5.41) is 6.19. The van der Waals surface area contributed by atoms with E-state index in [1.54, 1.807) is 17.7 Å². The summed E-state index contributed by atoms with van der Waals surface area (Å²) in [6.07, 6.45) is 1.58. The number of hydrogen-bond donors (Lipinski definition) is 1. The molecule has 0 atom stereocenters. The van der Waals surface area contributed by atoms with Gasteiger partial charge in [0, 0.05) is 23.5 Å². The smallest absolute Gasteiger partial charge is 0.271 e. The molecule has 5 rings (SSSR count). The molecule has 0 fully saturated rings. The monoisotopic (exact) mass is 495 g/mol. The minimum absolute atomic E-state index is 0.223. The van der Waals surface area contributed by atoms with Crippen LogP contribution in [0.5, 0.6) is 11.5 Å². The van der Waals surface area contributed by atoms with Gasteiger partial charge in [0.05, 0.1) is 19.4 Å². The number of aromatic nitrogens is 1. The molecule has 0 saturated carbocycles. The minimum atomic E-state index is -0.223. The van der Waals surface area contributed by atoms with E-state index in [1.165, 1.54) is 11.3 Å². The second-order valence-electron chi connectivity index (χ2n) is 7.85. The van der Waals surface area contributed by atoms with E-state index in [4.69, 9.17) is 25.5 Å². The van der Waals surface area contributed by atoms with Gasteiger partial charge in [-0.3, -0.25) is 9.69 Å². The molecule has 0 radical (unpaired) electrons. The molecule has 0 bridgehead atoms. The van der Waals surface area contributed by atoms with Crippen molar-refractivity contribution in [3.05, 3.63) is 98.9 Å². The lowest BCUT2D eigenvalue weighted by Gasteiger charge is -2.22. The maximum Gasteiger partial charge on any atom is 0.271 e. The van der Waals surface area contributed by atoms with Gasteiger partial charge in [0.25, 0.3) is 5.91 Å². The van der Waals surface area contributed by atoms with Crippen molar-refractivity contribution in [2.24, 2.45) is 0 Å². The fraction of sp³-hybridized carbons (Fsp3) is 0.200. The van der Waals surface area contributed by atoms with E-state index in [9.17, 15) is 4.79 Å². The summed E-state index contributed by atoms with van der Waals surface area (Å²) in [6.45, 7) is 2.54. The molecule has 9 heteroatoms. The molecule has 1 aliphatic rings. The molecule has 0 saturated heterocycles. The number of carbonyl (C=O) groups is 1. The Labute approximate surface area is 205 Å². The van der Waals surface area contributed by atoms with Crippen molar-refractivity contribution in [3.63, 3.8) is 0 Å². The van der Waals surface area contributed by atoms with Crippen LogP contribution in [0.3, 0.4) is 0 Å². The Morgan fingerprint density at radius 1 is 1.03 bits per heavy atom. The molecule has 3 heterocycles. The standard InChI is InChI=1S/C25H22ClN3O4S/c26-19-6-3-17(4-7-19)12-29(13-18-5-8-22-23(10-18)33-16-32-22)14-24-28-21(15-34-24)25(30)27-11-20-2-1-9-31-20/h1-10,15H,11-14,16H2,(H,27,30). The first-order valence-electron chi connectivity index (χ1n) is 10.7. The molecule has 1 aliphatic heterocycles. The molecule has 2 aromatic carbocycles. The number of fused-ring (bicyclic) bond motifs is 1. The maximum atomic E-state index is 12.5. The van der Waals surface area contributed by atoms with Crippen molar-refractivity contribution in [2.75, 3.05) is 6.79 Å².